The molecule has 0 unspecified atom stereocenters. The standard InChI is InChI=1S/C29H30N2O3/c1-18(2)34-24-13-11-23(12-14-24)30-27-26(25-15-8-20(4)16-21(25)5)28(32)31(29(27)33)17-22-9-6-19(3)7-10-22/h6-16,18,30H,17H2,1-5H3. The SMILES string of the molecule is Cc1ccc(CN2C(=O)C(Nc3ccc(OC(C)C)cc3)=C(c3ccc(C)cc3C)C2=O)cc1. The van der Waals surface area contributed by atoms with Gasteiger partial charge in [-0.05, 0) is 75.6 Å². The minimum absolute atomic E-state index is 0.0713. The van der Waals surface area contributed by atoms with Crippen LogP contribution in [-0.4, -0.2) is 22.8 Å². The van der Waals surface area contributed by atoms with Gasteiger partial charge in [-0.1, -0.05) is 53.6 Å². The molecule has 2 amide bonds. The molecule has 3 aromatic carbocycles. The van der Waals surface area contributed by atoms with E-state index in [0.29, 0.717) is 17.0 Å². The Morgan fingerprint density at radius 3 is 2.09 bits per heavy atom. The fourth-order valence-corrected chi connectivity index (χ4v) is 4.09. The van der Waals surface area contributed by atoms with Crippen molar-refractivity contribution in [1.82, 2.24) is 4.90 Å². The van der Waals surface area contributed by atoms with Crippen LogP contribution in [0.25, 0.3) is 5.57 Å². The molecule has 0 saturated carbocycles. The van der Waals surface area contributed by atoms with E-state index in [1.54, 1.807) is 0 Å². The summed E-state index contributed by atoms with van der Waals surface area (Å²) in [4.78, 5) is 28.4. The zero-order chi connectivity index (χ0) is 24.4. The van der Waals surface area contributed by atoms with Gasteiger partial charge in [0.2, 0.25) is 0 Å². The molecule has 0 aromatic heterocycles. The Bertz CT molecular complexity index is 1260. The molecule has 0 fully saturated rings. The molecule has 0 bridgehead atoms. The molecular formula is C29H30N2O3. The number of carbonyl (C=O) groups is 2. The third-order valence-corrected chi connectivity index (χ3v) is 5.78. The summed E-state index contributed by atoms with van der Waals surface area (Å²) in [6, 6.07) is 21.2. The van der Waals surface area contributed by atoms with Crippen molar-refractivity contribution in [3.8, 4) is 5.75 Å². The molecule has 1 aliphatic heterocycles. The topological polar surface area (TPSA) is 58.6 Å². The lowest BCUT2D eigenvalue weighted by Gasteiger charge is -2.16. The average Bonchev–Trinajstić information content (AvgIpc) is 3.00. The number of hydrogen-bond donors (Lipinski definition) is 1. The Labute approximate surface area is 201 Å². The lowest BCUT2D eigenvalue weighted by atomic mass is 9.97. The quantitative estimate of drug-likeness (QED) is 0.459. The van der Waals surface area contributed by atoms with E-state index in [0.717, 1.165) is 33.6 Å². The van der Waals surface area contributed by atoms with E-state index in [4.69, 9.17) is 4.74 Å². The highest BCUT2D eigenvalue weighted by molar-refractivity contribution is 6.36. The Hall–Kier alpha value is -3.86. The maximum Gasteiger partial charge on any atom is 0.278 e. The Morgan fingerprint density at radius 2 is 1.47 bits per heavy atom. The van der Waals surface area contributed by atoms with Crippen LogP contribution in [0, 0.1) is 20.8 Å². The average molecular weight is 455 g/mol. The number of rotatable bonds is 7. The number of ether oxygens (including phenoxy) is 1. The van der Waals surface area contributed by atoms with E-state index in [-0.39, 0.29) is 24.5 Å². The van der Waals surface area contributed by atoms with Crippen LogP contribution in [-0.2, 0) is 16.1 Å². The first-order valence-corrected chi connectivity index (χ1v) is 11.5. The number of aryl methyl sites for hydroxylation is 3. The van der Waals surface area contributed by atoms with E-state index in [1.165, 1.54) is 4.90 Å². The second kappa shape index (κ2) is 9.56. The summed E-state index contributed by atoms with van der Waals surface area (Å²) in [7, 11) is 0. The molecular weight excluding hydrogens is 424 g/mol. The van der Waals surface area contributed by atoms with Crippen LogP contribution in [0.5, 0.6) is 5.75 Å². The lowest BCUT2D eigenvalue weighted by Crippen LogP contribution is -2.32. The lowest BCUT2D eigenvalue weighted by molar-refractivity contribution is -0.137. The molecule has 5 nitrogen and oxygen atoms in total. The van der Waals surface area contributed by atoms with Crippen molar-refractivity contribution in [2.75, 3.05) is 5.32 Å². The molecule has 34 heavy (non-hydrogen) atoms. The van der Waals surface area contributed by atoms with Gasteiger partial charge in [0.25, 0.3) is 11.8 Å². The highest BCUT2D eigenvalue weighted by Gasteiger charge is 2.39. The van der Waals surface area contributed by atoms with Crippen LogP contribution in [0.15, 0.2) is 72.4 Å². The van der Waals surface area contributed by atoms with Crippen molar-refractivity contribution in [1.29, 1.82) is 0 Å². The van der Waals surface area contributed by atoms with E-state index < -0.39 is 0 Å². The second-order valence-electron chi connectivity index (χ2n) is 9.07. The van der Waals surface area contributed by atoms with Crippen LogP contribution >= 0.6 is 0 Å². The molecule has 4 rings (SSSR count). The summed E-state index contributed by atoms with van der Waals surface area (Å²) < 4.78 is 5.72. The summed E-state index contributed by atoms with van der Waals surface area (Å²) in [5, 5.41) is 3.23. The van der Waals surface area contributed by atoms with Gasteiger partial charge in [-0.25, -0.2) is 0 Å². The van der Waals surface area contributed by atoms with Gasteiger partial charge < -0.3 is 10.1 Å². The van der Waals surface area contributed by atoms with Crippen molar-refractivity contribution < 1.29 is 14.3 Å². The molecule has 0 aliphatic carbocycles. The maximum absolute atomic E-state index is 13.6. The molecule has 3 aromatic rings. The smallest absolute Gasteiger partial charge is 0.278 e. The molecule has 0 spiro atoms. The van der Waals surface area contributed by atoms with Gasteiger partial charge in [-0.3, -0.25) is 14.5 Å². The molecule has 1 heterocycles. The Morgan fingerprint density at radius 1 is 0.824 bits per heavy atom. The van der Waals surface area contributed by atoms with Gasteiger partial charge >= 0.3 is 0 Å². The minimum Gasteiger partial charge on any atom is -0.491 e. The van der Waals surface area contributed by atoms with Crippen LogP contribution in [0.4, 0.5) is 5.69 Å². The van der Waals surface area contributed by atoms with Gasteiger partial charge in [0.1, 0.15) is 11.4 Å². The predicted molar refractivity (Wildman–Crippen MR) is 135 cm³/mol. The van der Waals surface area contributed by atoms with E-state index in [1.807, 2.05) is 101 Å². The van der Waals surface area contributed by atoms with Crippen LogP contribution in [0.1, 0.15) is 41.7 Å². The predicted octanol–water partition coefficient (Wildman–Crippen LogP) is 5.79. The monoisotopic (exact) mass is 454 g/mol. The van der Waals surface area contributed by atoms with Gasteiger partial charge in [0.15, 0.2) is 0 Å². The summed E-state index contributed by atoms with van der Waals surface area (Å²) in [6.45, 7) is 10.1. The van der Waals surface area contributed by atoms with Crippen LogP contribution in [0.2, 0.25) is 0 Å². The molecule has 1 aliphatic rings. The number of carbonyl (C=O) groups excluding carboxylic acids is 2. The minimum atomic E-state index is -0.331. The van der Waals surface area contributed by atoms with Gasteiger partial charge in [-0.15, -0.1) is 0 Å². The number of hydrogen-bond acceptors (Lipinski definition) is 4. The molecule has 1 N–H and O–H groups in total. The number of imide groups is 1. The largest absolute Gasteiger partial charge is 0.491 e. The van der Waals surface area contributed by atoms with E-state index in [2.05, 4.69) is 5.32 Å². The first-order valence-electron chi connectivity index (χ1n) is 11.5. The molecule has 5 heteroatoms. The molecule has 0 radical (unpaired) electrons. The first kappa shape index (κ1) is 23.3. The van der Waals surface area contributed by atoms with Crippen molar-refractivity contribution in [3.63, 3.8) is 0 Å². The van der Waals surface area contributed by atoms with Crippen LogP contribution < -0.4 is 10.1 Å². The Kier molecular flexibility index (Phi) is 6.55. The number of nitrogens with one attached hydrogen (secondary N) is 1. The van der Waals surface area contributed by atoms with Crippen LogP contribution in [0.3, 0.4) is 0 Å². The van der Waals surface area contributed by atoms with Gasteiger partial charge in [0.05, 0.1) is 18.2 Å². The third-order valence-electron chi connectivity index (χ3n) is 5.78. The number of anilines is 1. The molecule has 0 atom stereocenters. The normalized spacial score (nSPS) is 13.8. The van der Waals surface area contributed by atoms with Crippen molar-refractivity contribution >= 4 is 23.1 Å². The third kappa shape index (κ3) is 4.88. The summed E-state index contributed by atoms with van der Waals surface area (Å²) in [5.41, 5.74) is 6.26. The summed E-state index contributed by atoms with van der Waals surface area (Å²) >= 11 is 0. The van der Waals surface area contributed by atoms with Gasteiger partial charge in [-0.2, -0.15) is 0 Å². The molecule has 174 valence electrons. The van der Waals surface area contributed by atoms with Crippen molar-refractivity contribution in [2.45, 2.75) is 47.3 Å². The number of amides is 2. The highest BCUT2D eigenvalue weighted by Crippen LogP contribution is 2.33. The first-order chi connectivity index (χ1) is 16.2. The molecule has 0 saturated heterocycles. The van der Waals surface area contributed by atoms with Crippen molar-refractivity contribution in [2.24, 2.45) is 0 Å². The van der Waals surface area contributed by atoms with Gasteiger partial charge in [0, 0.05) is 5.69 Å². The Balaban J connectivity index is 1.71. The van der Waals surface area contributed by atoms with E-state index >= 15 is 0 Å². The van der Waals surface area contributed by atoms with Crippen molar-refractivity contribution in [3.05, 3.63) is 100 Å². The second-order valence-corrected chi connectivity index (χ2v) is 9.07. The number of nitrogens with zero attached hydrogens (tertiary/aromatic N) is 1. The zero-order valence-electron chi connectivity index (χ0n) is 20.3. The maximum atomic E-state index is 13.6. The van der Waals surface area contributed by atoms with E-state index in [9.17, 15) is 9.59 Å². The summed E-state index contributed by atoms with van der Waals surface area (Å²) in [6.07, 6.45) is 0.0713. The fourth-order valence-electron chi connectivity index (χ4n) is 4.09. The highest BCUT2D eigenvalue weighted by atomic mass is 16.5. The zero-order valence-corrected chi connectivity index (χ0v) is 20.3. The summed E-state index contributed by atoms with van der Waals surface area (Å²) in [5.74, 6) is 0.127. The fraction of sp³-hybridized carbons (Fsp3) is 0.241. The number of benzene rings is 3.